The fourth-order valence-corrected chi connectivity index (χ4v) is 2.79. The Morgan fingerprint density at radius 3 is 2.77 bits per heavy atom. The fourth-order valence-electron chi connectivity index (χ4n) is 2.79. The van der Waals surface area contributed by atoms with Gasteiger partial charge in [0.1, 0.15) is 17.6 Å². The van der Waals surface area contributed by atoms with Gasteiger partial charge in [-0.05, 0) is 24.3 Å². The first-order chi connectivity index (χ1) is 12.6. The summed E-state index contributed by atoms with van der Waals surface area (Å²) in [7, 11) is 3.46. The maximum absolute atomic E-state index is 12.8. The molecular weight excluding hydrogens is 328 g/mol. The van der Waals surface area contributed by atoms with Gasteiger partial charge in [0.15, 0.2) is 0 Å². The maximum Gasteiger partial charge on any atom is 0.252 e. The highest BCUT2D eigenvalue weighted by Gasteiger charge is 2.24. The van der Waals surface area contributed by atoms with E-state index in [4.69, 9.17) is 10.00 Å². The van der Waals surface area contributed by atoms with Crippen LogP contribution in [-0.4, -0.2) is 22.6 Å². The molecule has 1 heterocycles. The Bertz CT molecular complexity index is 972. The Hall–Kier alpha value is -3.59. The summed E-state index contributed by atoms with van der Waals surface area (Å²) in [6.45, 7) is 0. The van der Waals surface area contributed by atoms with Crippen LogP contribution in [0.1, 0.15) is 33.4 Å². The molecule has 0 saturated carbocycles. The number of aryl methyl sites for hydroxylation is 1. The molecule has 1 N–H and O–H groups in total. The van der Waals surface area contributed by atoms with Gasteiger partial charge in [-0.2, -0.15) is 5.26 Å². The van der Waals surface area contributed by atoms with Crippen LogP contribution >= 0.6 is 0 Å². The number of methoxy groups -OCH3 is 1. The average molecular weight is 346 g/mol. The number of nitrogens with one attached hydrogen (secondary N) is 1. The third kappa shape index (κ3) is 3.42. The minimum atomic E-state index is -0.496. The number of carbonyl (C=O) groups excluding carboxylic acids is 1. The van der Waals surface area contributed by atoms with Crippen LogP contribution in [0.15, 0.2) is 60.9 Å². The monoisotopic (exact) mass is 346 g/mol. The Morgan fingerprint density at radius 2 is 2.08 bits per heavy atom. The summed E-state index contributed by atoms with van der Waals surface area (Å²) < 4.78 is 7.31. The zero-order valence-corrected chi connectivity index (χ0v) is 14.5. The first kappa shape index (κ1) is 17.2. The number of amides is 1. The summed E-state index contributed by atoms with van der Waals surface area (Å²) in [5, 5.41) is 12.1. The number of hydrogen-bond donors (Lipinski definition) is 1. The lowest BCUT2D eigenvalue weighted by atomic mass is 10.0. The van der Waals surface area contributed by atoms with Crippen molar-refractivity contribution < 1.29 is 9.53 Å². The van der Waals surface area contributed by atoms with E-state index in [1.807, 2.05) is 48.1 Å². The molecule has 1 aromatic heterocycles. The zero-order chi connectivity index (χ0) is 18.5. The summed E-state index contributed by atoms with van der Waals surface area (Å²) in [5.41, 5.74) is 1.65. The number of nitriles is 1. The molecular formula is C20H18N4O2. The van der Waals surface area contributed by atoms with E-state index in [1.54, 1.807) is 37.6 Å². The molecule has 1 unspecified atom stereocenters. The fraction of sp³-hybridized carbons (Fsp3) is 0.150. The molecule has 26 heavy (non-hydrogen) atoms. The normalized spacial score (nSPS) is 11.4. The lowest BCUT2D eigenvalue weighted by molar-refractivity contribution is 0.0940. The first-order valence-corrected chi connectivity index (χ1v) is 8.05. The molecule has 3 aromatic rings. The predicted molar refractivity (Wildman–Crippen MR) is 96.7 cm³/mol. The minimum Gasteiger partial charge on any atom is -0.496 e. The lowest BCUT2D eigenvalue weighted by Gasteiger charge is -2.21. The standard InChI is InChI=1S/C20H18N4O2/c1-24-11-10-22-19(24)18(16-8-3-4-9-17(16)26-2)23-20(25)15-7-5-6-14(12-15)13-21/h3-12,18H,1-2H3,(H,23,25). The van der Waals surface area contributed by atoms with Crippen LogP contribution in [0, 0.1) is 11.3 Å². The third-order valence-corrected chi connectivity index (χ3v) is 4.10. The second-order valence-corrected chi connectivity index (χ2v) is 5.74. The predicted octanol–water partition coefficient (Wildman–Crippen LogP) is 2.82. The largest absolute Gasteiger partial charge is 0.496 e. The average Bonchev–Trinajstić information content (AvgIpc) is 3.11. The molecule has 2 aromatic carbocycles. The van der Waals surface area contributed by atoms with Crippen molar-refractivity contribution in [1.29, 1.82) is 5.26 Å². The third-order valence-electron chi connectivity index (χ3n) is 4.10. The zero-order valence-electron chi connectivity index (χ0n) is 14.5. The molecule has 130 valence electrons. The summed E-state index contributed by atoms with van der Waals surface area (Å²) in [5.74, 6) is 1.05. The Labute approximate surface area is 151 Å². The van der Waals surface area contributed by atoms with Gasteiger partial charge >= 0.3 is 0 Å². The SMILES string of the molecule is COc1ccccc1C(NC(=O)c1cccc(C#N)c1)c1nccn1C. The van der Waals surface area contributed by atoms with Gasteiger partial charge in [-0.15, -0.1) is 0 Å². The molecule has 6 heteroatoms. The molecule has 0 aliphatic carbocycles. The molecule has 0 bridgehead atoms. The van der Waals surface area contributed by atoms with Gasteiger partial charge < -0.3 is 14.6 Å². The minimum absolute atomic E-state index is 0.291. The molecule has 0 radical (unpaired) electrons. The Morgan fingerprint density at radius 1 is 1.27 bits per heavy atom. The van der Waals surface area contributed by atoms with E-state index in [2.05, 4.69) is 10.3 Å². The van der Waals surface area contributed by atoms with Gasteiger partial charge in [0.25, 0.3) is 5.91 Å². The molecule has 0 spiro atoms. The molecule has 0 saturated heterocycles. The van der Waals surface area contributed by atoms with Crippen molar-refractivity contribution in [3.05, 3.63) is 83.4 Å². The van der Waals surface area contributed by atoms with Crippen LogP contribution in [0.4, 0.5) is 0 Å². The van der Waals surface area contributed by atoms with Gasteiger partial charge in [-0.1, -0.05) is 24.3 Å². The summed E-state index contributed by atoms with van der Waals surface area (Å²) in [6.07, 6.45) is 3.50. The molecule has 0 aliphatic rings. The number of aromatic nitrogens is 2. The molecule has 1 atom stereocenters. The van der Waals surface area contributed by atoms with Crippen LogP contribution in [0.25, 0.3) is 0 Å². The van der Waals surface area contributed by atoms with Crippen molar-refractivity contribution >= 4 is 5.91 Å². The summed E-state index contributed by atoms with van der Waals surface area (Å²) in [6, 6.07) is 15.6. The van der Waals surface area contributed by atoms with Crippen molar-refractivity contribution in [1.82, 2.24) is 14.9 Å². The van der Waals surface area contributed by atoms with Crippen LogP contribution in [-0.2, 0) is 7.05 Å². The molecule has 3 rings (SSSR count). The van der Waals surface area contributed by atoms with Gasteiger partial charge in [-0.25, -0.2) is 4.98 Å². The van der Waals surface area contributed by atoms with Gasteiger partial charge in [0.2, 0.25) is 0 Å². The number of benzene rings is 2. The molecule has 1 amide bonds. The molecule has 0 aliphatic heterocycles. The number of rotatable bonds is 5. The highest BCUT2D eigenvalue weighted by atomic mass is 16.5. The smallest absolute Gasteiger partial charge is 0.252 e. The second-order valence-electron chi connectivity index (χ2n) is 5.74. The second kappa shape index (κ2) is 7.53. The van der Waals surface area contributed by atoms with Crippen molar-refractivity contribution in [3.63, 3.8) is 0 Å². The van der Waals surface area contributed by atoms with Gasteiger partial charge in [0, 0.05) is 30.6 Å². The van der Waals surface area contributed by atoms with Crippen molar-refractivity contribution in [2.24, 2.45) is 7.05 Å². The highest BCUT2D eigenvalue weighted by molar-refractivity contribution is 5.95. The number of hydrogen-bond acceptors (Lipinski definition) is 4. The summed E-state index contributed by atoms with van der Waals surface area (Å²) in [4.78, 5) is 17.2. The van der Waals surface area contributed by atoms with E-state index in [-0.39, 0.29) is 5.91 Å². The maximum atomic E-state index is 12.8. The molecule has 0 fully saturated rings. The quantitative estimate of drug-likeness (QED) is 0.770. The number of imidazole rings is 1. The Kier molecular flexibility index (Phi) is 4.99. The van der Waals surface area contributed by atoms with E-state index in [9.17, 15) is 4.79 Å². The van der Waals surface area contributed by atoms with E-state index in [0.29, 0.717) is 22.7 Å². The van der Waals surface area contributed by atoms with Crippen LogP contribution in [0.3, 0.4) is 0 Å². The van der Waals surface area contributed by atoms with Gasteiger partial charge in [0.05, 0.1) is 18.7 Å². The number of ether oxygens (including phenoxy) is 1. The number of carbonyl (C=O) groups is 1. The van der Waals surface area contributed by atoms with Crippen LogP contribution in [0.5, 0.6) is 5.75 Å². The first-order valence-electron chi connectivity index (χ1n) is 8.05. The van der Waals surface area contributed by atoms with E-state index in [0.717, 1.165) is 5.56 Å². The van der Waals surface area contributed by atoms with Crippen molar-refractivity contribution in [2.75, 3.05) is 7.11 Å². The van der Waals surface area contributed by atoms with Gasteiger partial charge in [-0.3, -0.25) is 4.79 Å². The Balaban J connectivity index is 2.00. The van der Waals surface area contributed by atoms with Crippen LogP contribution < -0.4 is 10.1 Å². The topological polar surface area (TPSA) is 79.9 Å². The van der Waals surface area contributed by atoms with E-state index in [1.165, 1.54) is 0 Å². The van der Waals surface area contributed by atoms with Crippen molar-refractivity contribution in [2.45, 2.75) is 6.04 Å². The highest BCUT2D eigenvalue weighted by Crippen LogP contribution is 2.29. The van der Waals surface area contributed by atoms with Crippen LogP contribution in [0.2, 0.25) is 0 Å². The lowest BCUT2D eigenvalue weighted by Crippen LogP contribution is -2.31. The number of para-hydroxylation sites is 1. The van der Waals surface area contributed by atoms with E-state index < -0.39 is 6.04 Å². The number of nitrogens with zero attached hydrogens (tertiary/aromatic N) is 3. The molecule has 6 nitrogen and oxygen atoms in total. The van der Waals surface area contributed by atoms with Crippen molar-refractivity contribution in [3.8, 4) is 11.8 Å². The van der Waals surface area contributed by atoms with E-state index >= 15 is 0 Å². The summed E-state index contributed by atoms with van der Waals surface area (Å²) >= 11 is 0.